The van der Waals surface area contributed by atoms with Crippen LogP contribution in [-0.4, -0.2) is 10.1 Å². The third-order valence-corrected chi connectivity index (χ3v) is 3.13. The second-order valence-electron chi connectivity index (χ2n) is 4.46. The fourth-order valence-corrected chi connectivity index (χ4v) is 2.01. The lowest BCUT2D eigenvalue weighted by atomic mass is 9.95. The highest BCUT2D eigenvalue weighted by molar-refractivity contribution is 5.78. The highest BCUT2D eigenvalue weighted by Crippen LogP contribution is 2.32. The molecule has 0 spiro atoms. The topological polar surface area (TPSA) is 46.3 Å². The summed E-state index contributed by atoms with van der Waals surface area (Å²) < 4.78 is 5.71. The summed E-state index contributed by atoms with van der Waals surface area (Å²) in [6, 6.07) is 13.2. The zero-order chi connectivity index (χ0) is 12.6. The van der Waals surface area contributed by atoms with Crippen molar-refractivity contribution in [1.82, 2.24) is 4.98 Å². The van der Waals surface area contributed by atoms with Crippen molar-refractivity contribution < 1.29 is 9.52 Å². The van der Waals surface area contributed by atoms with E-state index >= 15 is 0 Å². The molecular formula is C15H13NO2. The Morgan fingerprint density at radius 2 is 2.00 bits per heavy atom. The van der Waals surface area contributed by atoms with Crippen LogP contribution in [0.3, 0.4) is 0 Å². The molecule has 1 N–H and O–H groups in total. The first-order valence-corrected chi connectivity index (χ1v) is 5.80. The third kappa shape index (κ3) is 1.69. The number of rotatable bonds is 2. The molecule has 0 fully saturated rings. The lowest BCUT2D eigenvalue weighted by Gasteiger charge is -2.20. The second kappa shape index (κ2) is 3.96. The quantitative estimate of drug-likeness (QED) is 0.747. The molecule has 1 atom stereocenters. The van der Waals surface area contributed by atoms with E-state index in [1.54, 1.807) is 25.4 Å². The van der Waals surface area contributed by atoms with Crippen LogP contribution in [0.2, 0.25) is 0 Å². The number of nitrogens with zero attached hydrogens (tertiary/aromatic N) is 1. The smallest absolute Gasteiger partial charge is 0.146 e. The Bertz CT molecular complexity index is 638. The van der Waals surface area contributed by atoms with Gasteiger partial charge in [-0.15, -0.1) is 0 Å². The minimum Gasteiger partial charge on any atom is -0.458 e. The lowest BCUT2D eigenvalue weighted by molar-refractivity contribution is 0.0783. The van der Waals surface area contributed by atoms with Gasteiger partial charge in [0.15, 0.2) is 0 Å². The van der Waals surface area contributed by atoms with Gasteiger partial charge in [0.1, 0.15) is 16.9 Å². The monoisotopic (exact) mass is 239 g/mol. The molecule has 3 nitrogen and oxygen atoms in total. The van der Waals surface area contributed by atoms with Crippen molar-refractivity contribution in [2.75, 3.05) is 0 Å². The first-order chi connectivity index (χ1) is 8.68. The SMILES string of the molecule is CC(O)(c1cccnc1)c1cc2ccccc2o1. The highest BCUT2D eigenvalue weighted by atomic mass is 16.4. The second-order valence-corrected chi connectivity index (χ2v) is 4.46. The first-order valence-electron chi connectivity index (χ1n) is 5.80. The van der Waals surface area contributed by atoms with E-state index in [0.29, 0.717) is 11.3 Å². The van der Waals surface area contributed by atoms with Gasteiger partial charge in [-0.25, -0.2) is 0 Å². The summed E-state index contributed by atoms with van der Waals surface area (Å²) >= 11 is 0. The Hall–Kier alpha value is -2.13. The average molecular weight is 239 g/mol. The number of benzene rings is 1. The average Bonchev–Trinajstić information content (AvgIpc) is 2.84. The normalized spacial score (nSPS) is 14.6. The van der Waals surface area contributed by atoms with Crippen LogP contribution in [0.5, 0.6) is 0 Å². The standard InChI is InChI=1S/C15H13NO2/c1-15(17,12-6-4-8-16-10-12)14-9-11-5-2-3-7-13(11)18-14/h2-10,17H,1H3. The molecule has 1 unspecified atom stereocenters. The molecule has 0 bridgehead atoms. The van der Waals surface area contributed by atoms with Gasteiger partial charge in [0.05, 0.1) is 0 Å². The van der Waals surface area contributed by atoms with Crippen LogP contribution in [0.15, 0.2) is 59.3 Å². The number of hydrogen-bond donors (Lipinski definition) is 1. The molecule has 0 aliphatic rings. The van der Waals surface area contributed by atoms with Crippen LogP contribution in [0.1, 0.15) is 18.2 Å². The van der Waals surface area contributed by atoms with Gasteiger partial charge in [0.25, 0.3) is 0 Å². The van der Waals surface area contributed by atoms with E-state index in [1.165, 1.54) is 0 Å². The van der Waals surface area contributed by atoms with Crippen molar-refractivity contribution in [3.63, 3.8) is 0 Å². The summed E-state index contributed by atoms with van der Waals surface area (Å²) in [7, 11) is 0. The van der Waals surface area contributed by atoms with E-state index in [-0.39, 0.29) is 0 Å². The Morgan fingerprint density at radius 1 is 1.17 bits per heavy atom. The van der Waals surface area contributed by atoms with Crippen LogP contribution in [0.4, 0.5) is 0 Å². The number of para-hydroxylation sites is 1. The third-order valence-electron chi connectivity index (χ3n) is 3.13. The van der Waals surface area contributed by atoms with E-state index in [0.717, 1.165) is 11.0 Å². The predicted molar refractivity (Wildman–Crippen MR) is 69.1 cm³/mol. The predicted octanol–water partition coefficient (Wildman–Crippen LogP) is 3.08. The Morgan fingerprint density at radius 3 is 2.72 bits per heavy atom. The van der Waals surface area contributed by atoms with Crippen LogP contribution in [-0.2, 0) is 5.60 Å². The van der Waals surface area contributed by atoms with Gasteiger partial charge in [-0.1, -0.05) is 24.3 Å². The van der Waals surface area contributed by atoms with Gasteiger partial charge in [-0.3, -0.25) is 4.98 Å². The molecule has 0 saturated carbocycles. The van der Waals surface area contributed by atoms with Crippen molar-refractivity contribution in [3.05, 3.63) is 66.2 Å². The fraction of sp³-hybridized carbons (Fsp3) is 0.133. The molecule has 2 heterocycles. The van der Waals surface area contributed by atoms with Crippen molar-refractivity contribution in [1.29, 1.82) is 0 Å². The zero-order valence-electron chi connectivity index (χ0n) is 10.00. The van der Waals surface area contributed by atoms with Crippen LogP contribution < -0.4 is 0 Å². The van der Waals surface area contributed by atoms with Crippen molar-refractivity contribution in [3.8, 4) is 0 Å². The van der Waals surface area contributed by atoms with Crippen molar-refractivity contribution in [2.45, 2.75) is 12.5 Å². The van der Waals surface area contributed by atoms with Crippen LogP contribution in [0.25, 0.3) is 11.0 Å². The summed E-state index contributed by atoms with van der Waals surface area (Å²) in [5.41, 5.74) is 0.313. The fourth-order valence-electron chi connectivity index (χ4n) is 2.01. The maximum atomic E-state index is 10.6. The molecule has 90 valence electrons. The number of fused-ring (bicyclic) bond motifs is 1. The van der Waals surface area contributed by atoms with Gasteiger partial charge < -0.3 is 9.52 Å². The van der Waals surface area contributed by atoms with Gasteiger partial charge in [0.2, 0.25) is 0 Å². The van der Waals surface area contributed by atoms with Gasteiger partial charge >= 0.3 is 0 Å². The van der Waals surface area contributed by atoms with Crippen LogP contribution in [0, 0.1) is 0 Å². The number of furan rings is 1. The van der Waals surface area contributed by atoms with E-state index in [2.05, 4.69) is 4.98 Å². The summed E-state index contributed by atoms with van der Waals surface area (Å²) in [5.74, 6) is 0.525. The Balaban J connectivity index is 2.13. The van der Waals surface area contributed by atoms with Crippen LogP contribution >= 0.6 is 0 Å². The summed E-state index contributed by atoms with van der Waals surface area (Å²) in [5, 5.41) is 11.6. The number of pyridine rings is 1. The minimum atomic E-state index is -1.17. The number of hydrogen-bond acceptors (Lipinski definition) is 3. The zero-order valence-corrected chi connectivity index (χ0v) is 10.00. The maximum Gasteiger partial charge on any atom is 0.146 e. The van der Waals surface area contributed by atoms with Gasteiger partial charge in [-0.05, 0) is 25.1 Å². The maximum absolute atomic E-state index is 10.6. The summed E-state index contributed by atoms with van der Waals surface area (Å²) in [6.45, 7) is 1.71. The number of aromatic nitrogens is 1. The molecule has 3 aromatic rings. The molecule has 3 heteroatoms. The van der Waals surface area contributed by atoms with Gasteiger partial charge in [-0.2, -0.15) is 0 Å². The molecular weight excluding hydrogens is 226 g/mol. The van der Waals surface area contributed by atoms with Crippen molar-refractivity contribution >= 4 is 11.0 Å². The molecule has 1 aromatic carbocycles. The van der Waals surface area contributed by atoms with E-state index in [4.69, 9.17) is 4.42 Å². The summed E-state index contributed by atoms with van der Waals surface area (Å²) in [4.78, 5) is 4.03. The van der Waals surface area contributed by atoms with Gasteiger partial charge in [0, 0.05) is 23.3 Å². The molecule has 0 saturated heterocycles. The Kier molecular flexibility index (Phi) is 2.42. The molecule has 0 aliphatic heterocycles. The summed E-state index contributed by atoms with van der Waals surface area (Å²) in [6.07, 6.45) is 3.32. The lowest BCUT2D eigenvalue weighted by Crippen LogP contribution is -2.22. The van der Waals surface area contributed by atoms with E-state index in [9.17, 15) is 5.11 Å². The van der Waals surface area contributed by atoms with Crippen molar-refractivity contribution in [2.24, 2.45) is 0 Å². The van der Waals surface area contributed by atoms with E-state index < -0.39 is 5.60 Å². The molecule has 2 aromatic heterocycles. The van der Waals surface area contributed by atoms with E-state index in [1.807, 2.05) is 36.4 Å². The molecule has 18 heavy (non-hydrogen) atoms. The Labute approximate surface area is 105 Å². The molecule has 0 amide bonds. The minimum absolute atomic E-state index is 0.525. The first kappa shape index (κ1) is 11.0. The highest BCUT2D eigenvalue weighted by Gasteiger charge is 2.29. The number of aliphatic hydroxyl groups is 1. The molecule has 0 radical (unpaired) electrons. The molecule has 3 rings (SSSR count). The molecule has 0 aliphatic carbocycles. The largest absolute Gasteiger partial charge is 0.458 e.